The summed E-state index contributed by atoms with van der Waals surface area (Å²) in [6, 6.07) is 6.14. The fraction of sp³-hybridized carbons (Fsp3) is 0.375. The monoisotopic (exact) mass is 335 g/mol. The van der Waals surface area contributed by atoms with Crippen molar-refractivity contribution in [1.82, 2.24) is 10.9 Å². The van der Waals surface area contributed by atoms with Crippen LogP contribution in [-0.2, 0) is 6.54 Å². The van der Waals surface area contributed by atoms with Gasteiger partial charge in [0.25, 0.3) is 5.69 Å². The number of carbonyl (C=O) groups is 1. The Morgan fingerprint density at radius 3 is 2.58 bits per heavy atom. The maximum atomic E-state index is 12.0. The number of aromatic hydroxyl groups is 1. The van der Waals surface area contributed by atoms with Gasteiger partial charge in [-0.2, -0.15) is 4.73 Å². The summed E-state index contributed by atoms with van der Waals surface area (Å²) in [4.78, 5) is 11.6. The standard InChI is InChI=1S/C11H9N3O3.C5H14NO/c15-8-1-2-9-6(4-8)3-7-5-12-13-11(16)10(7)14(9)17;1-6(2,3)4-5-7/h1-4,12,15H,5H2,(H,13,16);7H,4-5H2,1-3H3/q;+1. The predicted molar refractivity (Wildman–Crippen MR) is 88.9 cm³/mol. The summed E-state index contributed by atoms with van der Waals surface area (Å²) in [5.41, 5.74) is 6.15. The van der Waals surface area contributed by atoms with Gasteiger partial charge in [0, 0.05) is 18.2 Å². The van der Waals surface area contributed by atoms with E-state index in [9.17, 15) is 15.1 Å². The van der Waals surface area contributed by atoms with Crippen LogP contribution in [0.15, 0.2) is 24.3 Å². The van der Waals surface area contributed by atoms with Gasteiger partial charge in [-0.05, 0) is 18.2 Å². The molecule has 0 fully saturated rings. The number of benzene rings is 1. The number of aliphatic hydroxyl groups is 1. The van der Waals surface area contributed by atoms with Gasteiger partial charge >= 0.3 is 5.91 Å². The fourth-order valence-corrected chi connectivity index (χ4v) is 2.30. The zero-order chi connectivity index (χ0) is 17.9. The van der Waals surface area contributed by atoms with E-state index in [1.807, 2.05) is 0 Å². The van der Waals surface area contributed by atoms with E-state index in [2.05, 4.69) is 32.0 Å². The van der Waals surface area contributed by atoms with Crippen molar-refractivity contribution in [3.63, 3.8) is 0 Å². The number of rotatable bonds is 2. The maximum absolute atomic E-state index is 12.0. The summed E-state index contributed by atoms with van der Waals surface area (Å²) < 4.78 is 1.44. The molecular weight excluding hydrogens is 312 g/mol. The number of fused-ring (bicyclic) bond motifs is 2. The Morgan fingerprint density at radius 1 is 1.29 bits per heavy atom. The van der Waals surface area contributed by atoms with Crippen LogP contribution in [0.1, 0.15) is 16.1 Å². The van der Waals surface area contributed by atoms with Gasteiger partial charge in [0.05, 0.1) is 33.1 Å². The van der Waals surface area contributed by atoms with Crippen molar-refractivity contribution in [3.8, 4) is 5.75 Å². The molecule has 1 amide bonds. The molecule has 1 aliphatic rings. The number of hydrogen-bond acceptors (Lipinski definition) is 5. The van der Waals surface area contributed by atoms with Crippen molar-refractivity contribution >= 4 is 16.8 Å². The molecule has 0 bridgehead atoms. The van der Waals surface area contributed by atoms with E-state index >= 15 is 0 Å². The molecule has 0 atom stereocenters. The van der Waals surface area contributed by atoms with E-state index in [4.69, 9.17) is 5.11 Å². The highest BCUT2D eigenvalue weighted by Crippen LogP contribution is 2.20. The van der Waals surface area contributed by atoms with E-state index in [1.54, 1.807) is 6.07 Å². The SMILES string of the molecule is C[N+](C)(C)CCO.O=C1NNCc2cc3cc(O)ccc3[n+]([O-])c21. The molecular formula is C16H23N4O4+. The number of hydrogen-bond donors (Lipinski definition) is 4. The predicted octanol–water partition coefficient (Wildman–Crippen LogP) is -0.388. The molecule has 1 aliphatic heterocycles. The van der Waals surface area contributed by atoms with Crippen LogP contribution in [-0.4, -0.2) is 54.9 Å². The number of phenolic OH excluding ortho intramolecular Hbond substituents is 1. The smallest absolute Gasteiger partial charge is 0.331 e. The molecule has 0 aliphatic carbocycles. The lowest BCUT2D eigenvalue weighted by atomic mass is 10.1. The van der Waals surface area contributed by atoms with Gasteiger partial charge in [0.1, 0.15) is 12.3 Å². The summed E-state index contributed by atoms with van der Waals surface area (Å²) >= 11 is 0. The third-order valence-corrected chi connectivity index (χ3v) is 3.53. The van der Waals surface area contributed by atoms with Crippen LogP contribution >= 0.6 is 0 Å². The van der Waals surface area contributed by atoms with E-state index in [0.717, 1.165) is 11.0 Å². The number of phenols is 1. The topological polar surface area (TPSA) is 109 Å². The van der Waals surface area contributed by atoms with Gasteiger partial charge in [-0.15, -0.1) is 0 Å². The lowest BCUT2D eigenvalue weighted by Gasteiger charge is -2.21. The highest BCUT2D eigenvalue weighted by Gasteiger charge is 2.27. The molecule has 0 radical (unpaired) electrons. The molecule has 3 rings (SSSR count). The Bertz CT molecular complexity index is 756. The molecule has 0 saturated heterocycles. The Balaban J connectivity index is 0.000000256. The lowest BCUT2D eigenvalue weighted by molar-refractivity contribution is -0.870. The number of amides is 1. The van der Waals surface area contributed by atoms with E-state index in [-0.39, 0.29) is 18.1 Å². The molecule has 4 N–H and O–H groups in total. The minimum absolute atomic E-state index is 0.0886. The Kier molecular flexibility index (Phi) is 5.23. The maximum Gasteiger partial charge on any atom is 0.331 e. The molecule has 24 heavy (non-hydrogen) atoms. The fourth-order valence-electron chi connectivity index (χ4n) is 2.30. The summed E-state index contributed by atoms with van der Waals surface area (Å²) in [6.45, 7) is 1.50. The average molecular weight is 335 g/mol. The second-order valence-corrected chi connectivity index (χ2v) is 6.60. The highest BCUT2D eigenvalue weighted by atomic mass is 16.5. The van der Waals surface area contributed by atoms with Gasteiger partial charge in [-0.1, -0.05) is 0 Å². The molecule has 0 saturated carbocycles. The molecule has 1 aromatic heterocycles. The molecule has 0 spiro atoms. The first-order valence-corrected chi connectivity index (χ1v) is 7.55. The summed E-state index contributed by atoms with van der Waals surface area (Å²) in [7, 11) is 6.16. The van der Waals surface area contributed by atoms with E-state index in [1.165, 1.54) is 18.2 Å². The van der Waals surface area contributed by atoms with Gasteiger partial charge in [-0.3, -0.25) is 10.2 Å². The quantitative estimate of drug-likeness (QED) is 0.340. The van der Waals surface area contributed by atoms with Crippen molar-refractivity contribution in [1.29, 1.82) is 0 Å². The number of pyridine rings is 1. The van der Waals surface area contributed by atoms with E-state index < -0.39 is 5.91 Å². The molecule has 0 unspecified atom stereocenters. The van der Waals surface area contributed by atoms with Crippen LogP contribution in [0.4, 0.5) is 0 Å². The Morgan fingerprint density at radius 2 is 2.00 bits per heavy atom. The molecule has 1 aromatic carbocycles. The first kappa shape index (κ1) is 17.9. The molecule has 8 heteroatoms. The summed E-state index contributed by atoms with van der Waals surface area (Å²) in [6.07, 6.45) is 0. The highest BCUT2D eigenvalue weighted by molar-refractivity contribution is 5.94. The van der Waals surface area contributed by atoms with E-state index in [0.29, 0.717) is 27.7 Å². The third kappa shape index (κ3) is 4.10. The lowest BCUT2D eigenvalue weighted by Crippen LogP contribution is -2.50. The number of quaternary nitrogens is 1. The molecule has 2 heterocycles. The zero-order valence-corrected chi connectivity index (χ0v) is 14.0. The first-order valence-electron chi connectivity index (χ1n) is 7.55. The Labute approximate surface area is 140 Å². The van der Waals surface area contributed by atoms with Gasteiger partial charge in [0.2, 0.25) is 5.52 Å². The second kappa shape index (κ2) is 7.00. The van der Waals surface area contributed by atoms with Crippen LogP contribution in [0.25, 0.3) is 10.9 Å². The van der Waals surface area contributed by atoms with Crippen LogP contribution in [0, 0.1) is 5.21 Å². The van der Waals surface area contributed by atoms with Crippen LogP contribution < -0.4 is 15.6 Å². The van der Waals surface area contributed by atoms with Crippen molar-refractivity contribution < 1.29 is 24.2 Å². The number of hydrazine groups is 1. The van der Waals surface area contributed by atoms with Gasteiger partial charge < -0.3 is 19.9 Å². The van der Waals surface area contributed by atoms with Crippen molar-refractivity contribution in [2.75, 3.05) is 34.3 Å². The average Bonchev–Trinajstić information content (AvgIpc) is 2.46. The van der Waals surface area contributed by atoms with Crippen molar-refractivity contribution in [2.24, 2.45) is 0 Å². The van der Waals surface area contributed by atoms with Crippen molar-refractivity contribution in [2.45, 2.75) is 6.54 Å². The number of likely N-dealkylation sites (N-methyl/N-ethyl adjacent to an activating group) is 1. The van der Waals surface area contributed by atoms with Gasteiger partial charge in [-0.25, -0.2) is 5.43 Å². The van der Waals surface area contributed by atoms with Crippen LogP contribution in [0.3, 0.4) is 0 Å². The number of aromatic nitrogens is 1. The first-order chi connectivity index (χ1) is 11.2. The summed E-state index contributed by atoms with van der Waals surface area (Å²) in [5.74, 6) is -0.359. The molecule has 130 valence electrons. The zero-order valence-electron chi connectivity index (χ0n) is 14.0. The number of nitrogens with one attached hydrogen (secondary N) is 2. The molecule has 8 nitrogen and oxygen atoms in total. The third-order valence-electron chi connectivity index (χ3n) is 3.53. The van der Waals surface area contributed by atoms with Crippen LogP contribution in [0.2, 0.25) is 0 Å². The van der Waals surface area contributed by atoms with Gasteiger partial charge in [0.15, 0.2) is 0 Å². The number of carbonyl (C=O) groups excluding carboxylic acids is 1. The van der Waals surface area contributed by atoms with Crippen molar-refractivity contribution in [3.05, 3.63) is 40.7 Å². The number of nitrogens with zero attached hydrogens (tertiary/aromatic N) is 2. The molecule has 2 aromatic rings. The van der Waals surface area contributed by atoms with Crippen LogP contribution in [0.5, 0.6) is 5.75 Å². The minimum atomic E-state index is -0.448. The normalized spacial score (nSPS) is 13.8. The Hall–Kier alpha value is -2.42. The summed E-state index contributed by atoms with van der Waals surface area (Å²) in [5, 5.41) is 30.4. The number of aliphatic hydroxyl groups excluding tert-OH is 1. The largest absolute Gasteiger partial charge is 0.618 e. The second-order valence-electron chi connectivity index (χ2n) is 6.60. The minimum Gasteiger partial charge on any atom is -0.618 e.